The maximum atomic E-state index is 13.4. The predicted molar refractivity (Wildman–Crippen MR) is 55.0 cm³/mol. The van der Waals surface area contributed by atoms with E-state index < -0.39 is 29.6 Å². The maximum Gasteiger partial charge on any atom is 0.304 e. The van der Waals surface area contributed by atoms with E-state index in [1.807, 2.05) is 0 Å². The summed E-state index contributed by atoms with van der Waals surface area (Å²) in [4.78, 5) is 10.6. The van der Waals surface area contributed by atoms with E-state index in [-0.39, 0.29) is 12.0 Å². The Bertz CT molecular complexity index is 394. The van der Waals surface area contributed by atoms with Gasteiger partial charge in [0.05, 0.1) is 6.42 Å². The van der Waals surface area contributed by atoms with Gasteiger partial charge in [0, 0.05) is 12.0 Å². The Morgan fingerprint density at radius 2 is 2.12 bits per heavy atom. The number of rotatable bonds is 4. The molecule has 2 unspecified atom stereocenters. The molecule has 1 aromatic carbocycles. The van der Waals surface area contributed by atoms with E-state index in [0.29, 0.717) is 0 Å². The van der Waals surface area contributed by atoms with Crippen molar-refractivity contribution in [2.75, 3.05) is 0 Å². The molecule has 0 amide bonds. The van der Waals surface area contributed by atoms with Crippen molar-refractivity contribution in [3.05, 3.63) is 35.4 Å². The van der Waals surface area contributed by atoms with Crippen LogP contribution in [0.1, 0.15) is 24.8 Å². The molecular weight excluding hydrogens is 216 g/mol. The lowest BCUT2D eigenvalue weighted by molar-refractivity contribution is -0.137. The average molecular weight is 229 g/mol. The molecule has 0 heterocycles. The standard InChI is InChI=1S/C11H13F2NO2/c1-6(14)8(5-11(15)16)9-4-7(12)2-3-10(9)13/h2-4,6,8H,5,14H2,1H3,(H,15,16). The summed E-state index contributed by atoms with van der Waals surface area (Å²) in [6.45, 7) is 1.57. The van der Waals surface area contributed by atoms with Crippen molar-refractivity contribution in [1.82, 2.24) is 0 Å². The van der Waals surface area contributed by atoms with Crippen LogP contribution < -0.4 is 5.73 Å². The number of benzene rings is 1. The van der Waals surface area contributed by atoms with Crippen molar-refractivity contribution < 1.29 is 18.7 Å². The molecule has 0 spiro atoms. The number of aliphatic carboxylic acids is 1. The Morgan fingerprint density at radius 1 is 1.50 bits per heavy atom. The van der Waals surface area contributed by atoms with Crippen molar-refractivity contribution in [1.29, 1.82) is 0 Å². The van der Waals surface area contributed by atoms with E-state index in [0.717, 1.165) is 18.2 Å². The molecule has 0 fully saturated rings. The number of carbonyl (C=O) groups is 1. The highest BCUT2D eigenvalue weighted by atomic mass is 19.1. The summed E-state index contributed by atoms with van der Waals surface area (Å²) in [6.07, 6.45) is -0.321. The third-order valence-corrected chi connectivity index (χ3v) is 2.39. The van der Waals surface area contributed by atoms with Gasteiger partial charge in [0.15, 0.2) is 0 Å². The largest absolute Gasteiger partial charge is 0.481 e. The fourth-order valence-electron chi connectivity index (χ4n) is 1.57. The molecule has 1 aromatic rings. The Morgan fingerprint density at radius 3 is 2.62 bits per heavy atom. The van der Waals surface area contributed by atoms with Crippen molar-refractivity contribution in [3.63, 3.8) is 0 Å². The summed E-state index contributed by atoms with van der Waals surface area (Å²) < 4.78 is 26.4. The molecule has 3 N–H and O–H groups in total. The van der Waals surface area contributed by atoms with E-state index in [2.05, 4.69) is 0 Å². The van der Waals surface area contributed by atoms with Crippen molar-refractivity contribution in [2.45, 2.75) is 25.3 Å². The van der Waals surface area contributed by atoms with E-state index in [9.17, 15) is 13.6 Å². The molecule has 0 saturated heterocycles. The Kier molecular flexibility index (Phi) is 3.95. The first-order valence-electron chi connectivity index (χ1n) is 4.84. The predicted octanol–water partition coefficient (Wildman–Crippen LogP) is 1.87. The molecule has 88 valence electrons. The number of nitrogens with two attached hydrogens (primary N) is 1. The third-order valence-electron chi connectivity index (χ3n) is 2.39. The van der Waals surface area contributed by atoms with E-state index in [4.69, 9.17) is 10.8 Å². The molecule has 16 heavy (non-hydrogen) atoms. The smallest absolute Gasteiger partial charge is 0.304 e. The lowest BCUT2D eigenvalue weighted by atomic mass is 9.89. The number of hydrogen-bond acceptors (Lipinski definition) is 2. The van der Waals surface area contributed by atoms with Crippen LogP contribution in [0.5, 0.6) is 0 Å². The summed E-state index contributed by atoms with van der Waals surface area (Å²) >= 11 is 0. The lowest BCUT2D eigenvalue weighted by Crippen LogP contribution is -2.27. The summed E-state index contributed by atoms with van der Waals surface area (Å²) in [5.41, 5.74) is 5.59. The van der Waals surface area contributed by atoms with Crippen LogP contribution in [0.2, 0.25) is 0 Å². The highest BCUT2D eigenvalue weighted by Gasteiger charge is 2.23. The van der Waals surface area contributed by atoms with Crippen LogP contribution in [0.3, 0.4) is 0 Å². The van der Waals surface area contributed by atoms with Gasteiger partial charge in [0.25, 0.3) is 0 Å². The van der Waals surface area contributed by atoms with Crippen LogP contribution in [-0.2, 0) is 4.79 Å². The summed E-state index contributed by atoms with van der Waals surface area (Å²) in [5, 5.41) is 8.68. The molecule has 0 radical (unpaired) electrons. The molecule has 5 heteroatoms. The van der Waals surface area contributed by atoms with Crippen LogP contribution >= 0.6 is 0 Å². The first-order valence-corrected chi connectivity index (χ1v) is 4.84. The second-order valence-electron chi connectivity index (χ2n) is 3.73. The average Bonchev–Trinajstić information content (AvgIpc) is 2.18. The minimum absolute atomic E-state index is 0.0115. The van der Waals surface area contributed by atoms with E-state index in [1.54, 1.807) is 6.92 Å². The Labute approximate surface area is 91.9 Å². The van der Waals surface area contributed by atoms with Crippen molar-refractivity contribution in [2.24, 2.45) is 5.73 Å². The van der Waals surface area contributed by atoms with Gasteiger partial charge >= 0.3 is 5.97 Å². The van der Waals surface area contributed by atoms with Gasteiger partial charge in [-0.1, -0.05) is 0 Å². The second-order valence-corrected chi connectivity index (χ2v) is 3.73. The van der Waals surface area contributed by atoms with E-state index >= 15 is 0 Å². The first-order chi connectivity index (χ1) is 7.41. The van der Waals surface area contributed by atoms with Gasteiger partial charge in [-0.15, -0.1) is 0 Å². The molecule has 0 saturated carbocycles. The molecule has 0 aromatic heterocycles. The molecular formula is C11H13F2NO2. The Balaban J connectivity index is 3.09. The van der Waals surface area contributed by atoms with Crippen LogP contribution in [0.15, 0.2) is 18.2 Å². The molecule has 2 atom stereocenters. The SMILES string of the molecule is CC(N)C(CC(=O)O)c1cc(F)ccc1F. The van der Waals surface area contributed by atoms with Gasteiger partial charge in [0.2, 0.25) is 0 Å². The highest BCUT2D eigenvalue weighted by Crippen LogP contribution is 2.25. The fourth-order valence-corrected chi connectivity index (χ4v) is 1.57. The van der Waals surface area contributed by atoms with Crippen molar-refractivity contribution >= 4 is 5.97 Å². The van der Waals surface area contributed by atoms with Crippen molar-refractivity contribution in [3.8, 4) is 0 Å². The first kappa shape index (κ1) is 12.6. The van der Waals surface area contributed by atoms with Crippen LogP contribution in [0, 0.1) is 11.6 Å². The van der Waals surface area contributed by atoms with Crippen LogP contribution in [0.25, 0.3) is 0 Å². The fraction of sp³-hybridized carbons (Fsp3) is 0.364. The maximum absolute atomic E-state index is 13.4. The number of hydrogen-bond donors (Lipinski definition) is 2. The summed E-state index contributed by atoms with van der Waals surface area (Å²) in [7, 11) is 0. The topological polar surface area (TPSA) is 63.3 Å². The normalized spacial score (nSPS) is 14.5. The zero-order valence-corrected chi connectivity index (χ0v) is 8.78. The monoisotopic (exact) mass is 229 g/mol. The molecule has 0 aliphatic rings. The van der Waals surface area contributed by atoms with Gasteiger partial charge in [-0.05, 0) is 30.7 Å². The van der Waals surface area contributed by atoms with Gasteiger partial charge in [-0.25, -0.2) is 8.78 Å². The zero-order chi connectivity index (χ0) is 12.3. The number of halogens is 2. The third kappa shape index (κ3) is 3.00. The molecule has 3 nitrogen and oxygen atoms in total. The quantitative estimate of drug-likeness (QED) is 0.828. The Hall–Kier alpha value is -1.49. The van der Waals surface area contributed by atoms with Gasteiger partial charge in [-0.3, -0.25) is 4.79 Å². The van der Waals surface area contributed by atoms with Crippen LogP contribution in [0.4, 0.5) is 8.78 Å². The van der Waals surface area contributed by atoms with Gasteiger partial charge in [-0.2, -0.15) is 0 Å². The van der Waals surface area contributed by atoms with Gasteiger partial charge in [0.1, 0.15) is 11.6 Å². The molecule has 0 bridgehead atoms. The minimum atomic E-state index is -1.09. The zero-order valence-electron chi connectivity index (χ0n) is 8.78. The van der Waals surface area contributed by atoms with E-state index in [1.165, 1.54) is 0 Å². The summed E-state index contributed by atoms with van der Waals surface area (Å²) in [6, 6.07) is 2.39. The second kappa shape index (κ2) is 5.03. The lowest BCUT2D eigenvalue weighted by Gasteiger charge is -2.19. The van der Waals surface area contributed by atoms with Gasteiger partial charge < -0.3 is 10.8 Å². The molecule has 0 aliphatic heterocycles. The summed E-state index contributed by atoms with van der Waals surface area (Å²) in [5.74, 6) is -3.06. The minimum Gasteiger partial charge on any atom is -0.481 e. The number of carboxylic acid groups (broad SMARTS) is 1. The highest BCUT2D eigenvalue weighted by molar-refractivity contribution is 5.68. The molecule has 1 rings (SSSR count). The van der Waals surface area contributed by atoms with Crippen LogP contribution in [-0.4, -0.2) is 17.1 Å². The molecule has 0 aliphatic carbocycles. The number of carboxylic acids is 1.